The first-order chi connectivity index (χ1) is 14.8. The zero-order chi connectivity index (χ0) is 19.9. The number of hydrogen-bond donors (Lipinski definition) is 4. The summed E-state index contributed by atoms with van der Waals surface area (Å²) in [6.07, 6.45) is 5.55. The van der Waals surface area contributed by atoms with Gasteiger partial charge in [-0.2, -0.15) is 15.2 Å². The Labute approximate surface area is 172 Å². The molecule has 30 heavy (non-hydrogen) atoms. The van der Waals surface area contributed by atoms with Gasteiger partial charge in [-0.05, 0) is 43.2 Å². The summed E-state index contributed by atoms with van der Waals surface area (Å²) in [6, 6.07) is 16.0. The molecule has 0 unspecified atom stereocenters. The maximum absolute atomic E-state index is 4.74. The average Bonchev–Trinajstić information content (AvgIpc) is 3.36. The highest BCUT2D eigenvalue weighted by atomic mass is 15.2. The molecule has 0 saturated heterocycles. The average molecular weight is 396 g/mol. The quantitative estimate of drug-likeness (QED) is 0.334. The number of fused-ring (bicyclic) bond motifs is 2. The smallest absolute Gasteiger partial charge is 0.229 e. The summed E-state index contributed by atoms with van der Waals surface area (Å²) in [5, 5.41) is 23.3. The maximum Gasteiger partial charge on any atom is 0.229 e. The molecule has 8 heteroatoms. The van der Waals surface area contributed by atoms with Crippen molar-refractivity contribution in [3.8, 4) is 0 Å². The third kappa shape index (κ3) is 3.02. The second-order valence-corrected chi connectivity index (χ2v) is 7.67. The predicted octanol–water partition coefficient (Wildman–Crippen LogP) is 4.98. The lowest BCUT2D eigenvalue weighted by molar-refractivity contribution is 0.410. The van der Waals surface area contributed by atoms with Gasteiger partial charge in [0.25, 0.3) is 0 Å². The van der Waals surface area contributed by atoms with Crippen molar-refractivity contribution in [2.75, 3.05) is 10.6 Å². The molecular weight excluding hydrogens is 376 g/mol. The standard InChI is InChI=1S/C22H20N8/c1-2-7-18-16(6-1)21(26-20-11-19(29-30-20)13-4-3-5-13)27-22(25-18)24-15-8-9-17-14(10-15)12-23-28-17/h1-2,6-13H,3-5H2,(H,23,28)(H3,24,25,26,27,29,30). The zero-order valence-corrected chi connectivity index (χ0v) is 16.2. The van der Waals surface area contributed by atoms with E-state index in [9.17, 15) is 0 Å². The van der Waals surface area contributed by atoms with Crippen molar-refractivity contribution in [1.29, 1.82) is 0 Å². The predicted molar refractivity (Wildman–Crippen MR) is 117 cm³/mol. The Hall–Kier alpha value is -3.94. The normalized spacial score (nSPS) is 14.1. The SMILES string of the molecule is c1ccc2c(Nc3cc(C4CCC4)[nH]n3)nc(Nc3ccc4[nH]ncc4c3)nc2c1. The molecule has 0 bridgehead atoms. The molecule has 5 aromatic rings. The minimum absolute atomic E-state index is 0.522. The molecular formula is C22H20N8. The second kappa shape index (κ2) is 6.84. The van der Waals surface area contributed by atoms with Crippen LogP contribution in [0.3, 0.4) is 0 Å². The number of benzene rings is 2. The van der Waals surface area contributed by atoms with Gasteiger partial charge in [-0.3, -0.25) is 10.2 Å². The van der Waals surface area contributed by atoms with Crippen molar-refractivity contribution in [3.05, 3.63) is 60.4 Å². The van der Waals surface area contributed by atoms with Gasteiger partial charge in [0.2, 0.25) is 5.95 Å². The number of anilines is 4. The van der Waals surface area contributed by atoms with Gasteiger partial charge >= 0.3 is 0 Å². The van der Waals surface area contributed by atoms with Gasteiger partial charge in [0, 0.05) is 34.1 Å². The van der Waals surface area contributed by atoms with Crippen LogP contribution in [0.1, 0.15) is 30.9 Å². The van der Waals surface area contributed by atoms with Crippen LogP contribution in [-0.2, 0) is 0 Å². The molecule has 0 radical (unpaired) electrons. The number of nitrogens with zero attached hydrogens (tertiary/aromatic N) is 4. The Kier molecular flexibility index (Phi) is 3.87. The van der Waals surface area contributed by atoms with E-state index in [-0.39, 0.29) is 0 Å². The van der Waals surface area contributed by atoms with E-state index in [1.807, 2.05) is 42.5 Å². The Bertz CT molecular complexity index is 1350. The Morgan fingerprint density at radius 2 is 1.87 bits per heavy atom. The van der Waals surface area contributed by atoms with Gasteiger partial charge in [-0.1, -0.05) is 18.6 Å². The molecule has 148 valence electrons. The van der Waals surface area contributed by atoms with E-state index in [1.165, 1.54) is 25.0 Å². The van der Waals surface area contributed by atoms with E-state index in [4.69, 9.17) is 4.98 Å². The number of H-pyrrole nitrogens is 2. The first-order valence-electron chi connectivity index (χ1n) is 10.1. The van der Waals surface area contributed by atoms with Crippen LogP contribution >= 0.6 is 0 Å². The van der Waals surface area contributed by atoms with Crippen LogP contribution < -0.4 is 10.6 Å². The molecule has 1 aliphatic rings. The zero-order valence-electron chi connectivity index (χ0n) is 16.2. The molecule has 8 nitrogen and oxygen atoms in total. The first-order valence-corrected chi connectivity index (χ1v) is 10.1. The largest absolute Gasteiger partial charge is 0.324 e. The van der Waals surface area contributed by atoms with Crippen LogP contribution in [0.4, 0.5) is 23.3 Å². The van der Waals surface area contributed by atoms with Gasteiger partial charge < -0.3 is 10.6 Å². The molecule has 0 spiro atoms. The van der Waals surface area contributed by atoms with Gasteiger partial charge in [-0.15, -0.1) is 0 Å². The molecule has 4 N–H and O–H groups in total. The molecule has 0 amide bonds. The topological polar surface area (TPSA) is 107 Å². The van der Waals surface area contributed by atoms with Crippen molar-refractivity contribution in [2.24, 2.45) is 0 Å². The molecule has 1 fully saturated rings. The fourth-order valence-corrected chi connectivity index (χ4v) is 3.83. The van der Waals surface area contributed by atoms with Crippen molar-refractivity contribution in [3.63, 3.8) is 0 Å². The molecule has 3 aromatic heterocycles. The number of hydrogen-bond acceptors (Lipinski definition) is 6. The van der Waals surface area contributed by atoms with E-state index >= 15 is 0 Å². The Balaban J connectivity index is 1.35. The van der Waals surface area contributed by atoms with Crippen LogP contribution in [0.2, 0.25) is 0 Å². The molecule has 3 heterocycles. The minimum atomic E-state index is 0.522. The summed E-state index contributed by atoms with van der Waals surface area (Å²) in [5.41, 5.74) is 3.94. The summed E-state index contributed by atoms with van der Waals surface area (Å²) < 4.78 is 0. The van der Waals surface area contributed by atoms with Crippen molar-refractivity contribution < 1.29 is 0 Å². The maximum atomic E-state index is 4.74. The Morgan fingerprint density at radius 3 is 2.77 bits per heavy atom. The van der Waals surface area contributed by atoms with Crippen LogP contribution in [0.5, 0.6) is 0 Å². The van der Waals surface area contributed by atoms with E-state index in [0.717, 1.165) is 39.1 Å². The molecule has 1 saturated carbocycles. The van der Waals surface area contributed by atoms with Crippen LogP contribution in [0, 0.1) is 0 Å². The molecule has 0 aliphatic heterocycles. The summed E-state index contributed by atoms with van der Waals surface area (Å²) in [6.45, 7) is 0. The third-order valence-electron chi connectivity index (χ3n) is 5.69. The van der Waals surface area contributed by atoms with Gasteiger partial charge in [0.15, 0.2) is 5.82 Å². The fraction of sp³-hybridized carbons (Fsp3) is 0.182. The minimum Gasteiger partial charge on any atom is -0.324 e. The highest BCUT2D eigenvalue weighted by Crippen LogP contribution is 2.36. The Morgan fingerprint density at radius 1 is 0.933 bits per heavy atom. The summed E-state index contributed by atoms with van der Waals surface area (Å²) in [5.74, 6) is 2.62. The molecule has 0 atom stereocenters. The van der Waals surface area contributed by atoms with Gasteiger partial charge in [-0.25, -0.2) is 4.98 Å². The number of rotatable bonds is 5. The van der Waals surface area contributed by atoms with Gasteiger partial charge in [0.1, 0.15) is 5.82 Å². The highest BCUT2D eigenvalue weighted by molar-refractivity contribution is 5.92. The van der Waals surface area contributed by atoms with Gasteiger partial charge in [0.05, 0.1) is 17.2 Å². The summed E-state index contributed by atoms with van der Waals surface area (Å²) in [7, 11) is 0. The molecule has 1 aliphatic carbocycles. The lowest BCUT2D eigenvalue weighted by Gasteiger charge is -2.23. The van der Waals surface area contributed by atoms with Crippen molar-refractivity contribution in [2.45, 2.75) is 25.2 Å². The van der Waals surface area contributed by atoms with Crippen LogP contribution in [-0.4, -0.2) is 30.4 Å². The van der Waals surface area contributed by atoms with E-state index in [1.54, 1.807) is 6.20 Å². The van der Waals surface area contributed by atoms with Crippen LogP contribution in [0.15, 0.2) is 54.7 Å². The summed E-state index contributed by atoms with van der Waals surface area (Å²) in [4.78, 5) is 9.42. The monoisotopic (exact) mass is 396 g/mol. The number of para-hydroxylation sites is 1. The number of nitrogens with one attached hydrogen (secondary N) is 4. The second-order valence-electron chi connectivity index (χ2n) is 7.67. The van der Waals surface area contributed by atoms with E-state index < -0.39 is 0 Å². The molecule has 6 rings (SSSR count). The third-order valence-corrected chi connectivity index (χ3v) is 5.69. The van der Waals surface area contributed by atoms with Crippen molar-refractivity contribution >= 4 is 45.1 Å². The van der Waals surface area contributed by atoms with Crippen molar-refractivity contribution in [1.82, 2.24) is 30.4 Å². The lowest BCUT2D eigenvalue weighted by Crippen LogP contribution is -2.08. The van der Waals surface area contributed by atoms with E-state index in [0.29, 0.717) is 11.9 Å². The first kappa shape index (κ1) is 17.0. The van der Waals surface area contributed by atoms with E-state index in [2.05, 4.69) is 42.1 Å². The fourth-order valence-electron chi connectivity index (χ4n) is 3.83. The number of aromatic nitrogens is 6. The highest BCUT2D eigenvalue weighted by Gasteiger charge is 2.21. The summed E-state index contributed by atoms with van der Waals surface area (Å²) >= 11 is 0. The lowest BCUT2D eigenvalue weighted by atomic mass is 9.83. The van der Waals surface area contributed by atoms with Crippen LogP contribution in [0.25, 0.3) is 21.8 Å². The molecule has 2 aromatic carbocycles. The number of aromatic amines is 2.